The number of hydrogen-bond donors (Lipinski definition) is 0. The molecule has 0 aromatic heterocycles. The molecule has 0 spiro atoms. The Bertz CT molecular complexity index is 371. The van der Waals surface area contributed by atoms with Crippen molar-refractivity contribution in [2.45, 2.75) is 26.3 Å². The van der Waals surface area contributed by atoms with E-state index < -0.39 is 0 Å². The first kappa shape index (κ1) is 11.5. The molecule has 0 atom stereocenters. The van der Waals surface area contributed by atoms with Gasteiger partial charge in [0.25, 0.3) is 0 Å². The molecule has 2 rings (SSSR count). The van der Waals surface area contributed by atoms with Crippen molar-refractivity contribution in [1.29, 1.82) is 0 Å². The van der Waals surface area contributed by atoms with Crippen LogP contribution in [0.5, 0.6) is 0 Å². The quantitative estimate of drug-likeness (QED) is 0.714. The maximum absolute atomic E-state index is 2.53. The minimum atomic E-state index is 0.223. The molecule has 0 N–H and O–H groups in total. The highest BCUT2D eigenvalue weighted by Crippen LogP contribution is 2.27. The van der Waals surface area contributed by atoms with Crippen LogP contribution in [0.25, 0.3) is 0 Å². The van der Waals surface area contributed by atoms with Crippen LogP contribution in [0.4, 0.5) is 5.69 Å². The van der Waals surface area contributed by atoms with E-state index in [1.165, 1.54) is 11.3 Å². The molecule has 16 heavy (non-hydrogen) atoms. The fraction of sp³-hybridized carbons (Fsp3) is 0.571. The van der Waals surface area contributed by atoms with Crippen LogP contribution in [0, 0.1) is 6.92 Å². The lowest BCUT2D eigenvalue weighted by molar-refractivity contribution is 0.218. The van der Waals surface area contributed by atoms with Crippen molar-refractivity contribution in [2.24, 2.45) is 0 Å². The SMILES string of the molecule is Cc1cccc(N2CCN(C)CC2(C)C)c1. The van der Waals surface area contributed by atoms with E-state index in [0.717, 1.165) is 19.6 Å². The Morgan fingerprint density at radius 1 is 1.19 bits per heavy atom. The van der Waals surface area contributed by atoms with Gasteiger partial charge in [0, 0.05) is 30.9 Å². The van der Waals surface area contributed by atoms with Crippen LogP contribution < -0.4 is 4.90 Å². The van der Waals surface area contributed by atoms with Gasteiger partial charge in [-0.2, -0.15) is 0 Å². The van der Waals surface area contributed by atoms with E-state index in [9.17, 15) is 0 Å². The third-order valence-electron chi connectivity index (χ3n) is 3.41. The smallest absolute Gasteiger partial charge is 0.0473 e. The number of piperazine rings is 1. The lowest BCUT2D eigenvalue weighted by Gasteiger charge is -2.47. The van der Waals surface area contributed by atoms with Gasteiger partial charge in [-0.1, -0.05) is 12.1 Å². The molecule has 2 heteroatoms. The molecule has 0 aliphatic carbocycles. The van der Waals surface area contributed by atoms with Gasteiger partial charge in [-0.25, -0.2) is 0 Å². The summed E-state index contributed by atoms with van der Waals surface area (Å²) in [6, 6.07) is 8.82. The summed E-state index contributed by atoms with van der Waals surface area (Å²) in [5.74, 6) is 0. The Kier molecular flexibility index (Phi) is 2.94. The molecule has 1 aromatic rings. The standard InChI is InChI=1S/C14H22N2/c1-12-6-5-7-13(10-12)16-9-8-15(4)11-14(16,2)3/h5-7,10H,8-9,11H2,1-4H3. The maximum atomic E-state index is 2.53. The van der Waals surface area contributed by atoms with Gasteiger partial charge in [-0.05, 0) is 45.5 Å². The minimum Gasteiger partial charge on any atom is -0.364 e. The average Bonchev–Trinajstić information content (AvgIpc) is 2.15. The lowest BCUT2D eigenvalue weighted by Crippen LogP contribution is -2.58. The first-order chi connectivity index (χ1) is 7.49. The fourth-order valence-electron chi connectivity index (χ4n) is 2.67. The van der Waals surface area contributed by atoms with Crippen LogP contribution in [0.3, 0.4) is 0 Å². The van der Waals surface area contributed by atoms with Gasteiger partial charge in [0.05, 0.1) is 0 Å². The van der Waals surface area contributed by atoms with E-state index >= 15 is 0 Å². The van der Waals surface area contributed by atoms with Crippen molar-refractivity contribution < 1.29 is 0 Å². The van der Waals surface area contributed by atoms with Gasteiger partial charge in [-0.15, -0.1) is 0 Å². The van der Waals surface area contributed by atoms with Crippen molar-refractivity contribution >= 4 is 5.69 Å². The summed E-state index contributed by atoms with van der Waals surface area (Å²) in [4.78, 5) is 4.94. The normalized spacial score (nSPS) is 21.1. The number of rotatable bonds is 1. The third kappa shape index (κ3) is 2.22. The zero-order valence-electron chi connectivity index (χ0n) is 10.8. The van der Waals surface area contributed by atoms with Crippen molar-refractivity contribution in [3.8, 4) is 0 Å². The molecule has 1 aliphatic heterocycles. The van der Waals surface area contributed by atoms with Crippen LogP contribution in [0.15, 0.2) is 24.3 Å². The highest BCUT2D eigenvalue weighted by atomic mass is 15.3. The molecule has 0 radical (unpaired) electrons. The number of anilines is 1. The number of aryl methyl sites for hydroxylation is 1. The maximum Gasteiger partial charge on any atom is 0.0473 e. The predicted octanol–water partition coefficient (Wildman–Crippen LogP) is 2.53. The van der Waals surface area contributed by atoms with E-state index in [0.29, 0.717) is 0 Å². The Morgan fingerprint density at radius 2 is 1.94 bits per heavy atom. The lowest BCUT2D eigenvalue weighted by atomic mass is 9.98. The second-order valence-electron chi connectivity index (χ2n) is 5.54. The van der Waals surface area contributed by atoms with Crippen LogP contribution >= 0.6 is 0 Å². The van der Waals surface area contributed by atoms with Crippen molar-refractivity contribution in [2.75, 3.05) is 31.6 Å². The summed E-state index contributed by atoms with van der Waals surface area (Å²) in [6.45, 7) is 10.2. The first-order valence-corrected chi connectivity index (χ1v) is 6.02. The zero-order valence-corrected chi connectivity index (χ0v) is 10.8. The topological polar surface area (TPSA) is 6.48 Å². The largest absolute Gasteiger partial charge is 0.364 e. The Hall–Kier alpha value is -1.02. The summed E-state index contributed by atoms with van der Waals surface area (Å²) >= 11 is 0. The summed E-state index contributed by atoms with van der Waals surface area (Å²) < 4.78 is 0. The second kappa shape index (κ2) is 4.10. The summed E-state index contributed by atoms with van der Waals surface area (Å²) in [5.41, 5.74) is 2.92. The molecule has 1 heterocycles. The first-order valence-electron chi connectivity index (χ1n) is 6.02. The highest BCUT2D eigenvalue weighted by Gasteiger charge is 2.32. The molecule has 0 bridgehead atoms. The third-order valence-corrected chi connectivity index (χ3v) is 3.41. The molecule has 0 unspecified atom stereocenters. The predicted molar refractivity (Wildman–Crippen MR) is 70.1 cm³/mol. The van der Waals surface area contributed by atoms with Crippen LogP contribution in [0.2, 0.25) is 0 Å². The van der Waals surface area contributed by atoms with Crippen LogP contribution in [-0.2, 0) is 0 Å². The molecule has 1 fully saturated rings. The van der Waals surface area contributed by atoms with E-state index in [1.54, 1.807) is 0 Å². The van der Waals surface area contributed by atoms with Gasteiger partial charge >= 0.3 is 0 Å². The molecule has 0 saturated carbocycles. The van der Waals surface area contributed by atoms with Gasteiger partial charge in [0.2, 0.25) is 0 Å². The fourth-order valence-corrected chi connectivity index (χ4v) is 2.67. The molecule has 1 aromatic carbocycles. The molecule has 1 saturated heterocycles. The molecular weight excluding hydrogens is 196 g/mol. The van der Waals surface area contributed by atoms with Crippen molar-refractivity contribution in [1.82, 2.24) is 4.90 Å². The molecular formula is C14H22N2. The van der Waals surface area contributed by atoms with E-state index in [2.05, 4.69) is 61.9 Å². The van der Waals surface area contributed by atoms with Gasteiger partial charge in [-0.3, -0.25) is 0 Å². The zero-order chi connectivity index (χ0) is 11.8. The van der Waals surface area contributed by atoms with Crippen LogP contribution in [0.1, 0.15) is 19.4 Å². The van der Waals surface area contributed by atoms with E-state index in [-0.39, 0.29) is 5.54 Å². The Balaban J connectivity index is 2.27. The van der Waals surface area contributed by atoms with Crippen LogP contribution in [-0.4, -0.2) is 37.1 Å². The van der Waals surface area contributed by atoms with Crippen molar-refractivity contribution in [3.63, 3.8) is 0 Å². The summed E-state index contributed by atoms with van der Waals surface area (Å²) in [7, 11) is 2.20. The molecule has 1 aliphatic rings. The minimum absolute atomic E-state index is 0.223. The summed E-state index contributed by atoms with van der Waals surface area (Å²) in [6.07, 6.45) is 0. The monoisotopic (exact) mass is 218 g/mol. The summed E-state index contributed by atoms with van der Waals surface area (Å²) in [5, 5.41) is 0. The second-order valence-corrected chi connectivity index (χ2v) is 5.54. The van der Waals surface area contributed by atoms with Gasteiger partial charge < -0.3 is 9.80 Å². The van der Waals surface area contributed by atoms with Crippen molar-refractivity contribution in [3.05, 3.63) is 29.8 Å². The molecule has 0 amide bonds. The van der Waals surface area contributed by atoms with Gasteiger partial charge in [0.1, 0.15) is 0 Å². The molecule has 2 nitrogen and oxygen atoms in total. The van der Waals surface area contributed by atoms with E-state index in [1.807, 2.05) is 0 Å². The highest BCUT2D eigenvalue weighted by molar-refractivity contribution is 5.51. The number of nitrogens with zero attached hydrogens (tertiary/aromatic N) is 2. The number of benzene rings is 1. The Labute approximate surface area is 98.9 Å². The Morgan fingerprint density at radius 3 is 2.56 bits per heavy atom. The number of likely N-dealkylation sites (N-methyl/N-ethyl adjacent to an activating group) is 1. The van der Waals surface area contributed by atoms with E-state index in [4.69, 9.17) is 0 Å². The average molecular weight is 218 g/mol. The number of hydrogen-bond acceptors (Lipinski definition) is 2. The molecule has 88 valence electrons. The van der Waals surface area contributed by atoms with Gasteiger partial charge in [0.15, 0.2) is 0 Å².